The van der Waals surface area contributed by atoms with Crippen molar-refractivity contribution in [2.45, 2.75) is 34.6 Å². The van der Waals surface area contributed by atoms with Gasteiger partial charge >= 0.3 is 0 Å². The van der Waals surface area contributed by atoms with Crippen LogP contribution in [0.5, 0.6) is 11.5 Å². The summed E-state index contributed by atoms with van der Waals surface area (Å²) in [6.45, 7) is 9.79. The first-order valence-corrected chi connectivity index (χ1v) is 8.44. The lowest BCUT2D eigenvalue weighted by Gasteiger charge is -2.14. The third-order valence-corrected chi connectivity index (χ3v) is 3.38. The van der Waals surface area contributed by atoms with E-state index >= 15 is 0 Å². The molecule has 0 unspecified atom stereocenters. The maximum Gasteiger partial charge on any atom is 0.197 e. The summed E-state index contributed by atoms with van der Waals surface area (Å²) < 4.78 is 10.5. The molecule has 0 heterocycles. The minimum absolute atomic E-state index is 0.258. The highest BCUT2D eigenvalue weighted by atomic mass is 16.5. The molecule has 25 heavy (non-hydrogen) atoms. The molecule has 0 fully saturated rings. The summed E-state index contributed by atoms with van der Waals surface area (Å²) >= 11 is 0. The summed E-state index contributed by atoms with van der Waals surface area (Å²) in [5.74, 6) is 0.799. The molecular weight excluding hydrogens is 316 g/mol. The standard InChI is InChI=1S/C17H16O4.2C2H6/c1-11-14(20-2)8-9-15(21-3)16(11)17(19)13-7-5-4-6-12(13)10-18;2*1-2/h4-10H,1-3H3;2*1-2H3. The summed E-state index contributed by atoms with van der Waals surface area (Å²) in [6, 6.07) is 10.1. The van der Waals surface area contributed by atoms with Crippen LogP contribution in [0.1, 0.15) is 59.5 Å². The Morgan fingerprint density at radius 1 is 0.880 bits per heavy atom. The van der Waals surface area contributed by atoms with Gasteiger partial charge in [0.2, 0.25) is 0 Å². The van der Waals surface area contributed by atoms with Crippen molar-refractivity contribution in [2.24, 2.45) is 0 Å². The van der Waals surface area contributed by atoms with Crippen molar-refractivity contribution in [1.82, 2.24) is 0 Å². The second kappa shape index (κ2) is 11.8. The Morgan fingerprint density at radius 3 is 1.92 bits per heavy atom. The minimum atomic E-state index is -0.258. The Hall–Kier alpha value is -2.62. The van der Waals surface area contributed by atoms with Crippen LogP contribution in [-0.2, 0) is 0 Å². The Bertz CT molecular complexity index is 690. The van der Waals surface area contributed by atoms with E-state index in [0.29, 0.717) is 40.0 Å². The normalized spacial score (nSPS) is 8.92. The predicted molar refractivity (Wildman–Crippen MR) is 102 cm³/mol. The third-order valence-electron chi connectivity index (χ3n) is 3.38. The highest BCUT2D eigenvalue weighted by Gasteiger charge is 2.21. The van der Waals surface area contributed by atoms with E-state index in [0.717, 1.165) is 0 Å². The van der Waals surface area contributed by atoms with Gasteiger partial charge in [0.15, 0.2) is 12.1 Å². The van der Waals surface area contributed by atoms with E-state index in [1.807, 2.05) is 27.7 Å². The van der Waals surface area contributed by atoms with Gasteiger partial charge in [-0.15, -0.1) is 0 Å². The molecule has 0 atom stereocenters. The number of ether oxygens (including phenoxy) is 2. The first-order chi connectivity index (χ1) is 12.1. The molecule has 0 radical (unpaired) electrons. The second-order valence-electron chi connectivity index (χ2n) is 4.50. The monoisotopic (exact) mass is 344 g/mol. The van der Waals surface area contributed by atoms with Gasteiger partial charge in [0.25, 0.3) is 0 Å². The van der Waals surface area contributed by atoms with Gasteiger partial charge in [0.05, 0.1) is 19.8 Å². The topological polar surface area (TPSA) is 52.6 Å². The zero-order valence-electron chi connectivity index (χ0n) is 16.2. The first-order valence-electron chi connectivity index (χ1n) is 8.44. The van der Waals surface area contributed by atoms with Gasteiger partial charge in [0, 0.05) is 16.7 Å². The number of ketones is 1. The molecule has 4 heteroatoms. The smallest absolute Gasteiger partial charge is 0.197 e. The van der Waals surface area contributed by atoms with Crippen LogP contribution in [-0.4, -0.2) is 26.3 Å². The van der Waals surface area contributed by atoms with Gasteiger partial charge in [-0.05, 0) is 19.1 Å². The van der Waals surface area contributed by atoms with Gasteiger partial charge in [-0.25, -0.2) is 0 Å². The maximum absolute atomic E-state index is 12.8. The summed E-state index contributed by atoms with van der Waals surface area (Å²) in [7, 11) is 3.05. The molecule has 4 nitrogen and oxygen atoms in total. The molecule has 0 aromatic heterocycles. The number of aldehydes is 1. The summed E-state index contributed by atoms with van der Waals surface area (Å²) in [5.41, 5.74) is 1.79. The van der Waals surface area contributed by atoms with Crippen LogP contribution in [0.2, 0.25) is 0 Å². The lowest BCUT2D eigenvalue weighted by atomic mass is 9.94. The van der Waals surface area contributed by atoms with Crippen molar-refractivity contribution in [1.29, 1.82) is 0 Å². The van der Waals surface area contributed by atoms with Crippen LogP contribution >= 0.6 is 0 Å². The highest BCUT2D eigenvalue weighted by Crippen LogP contribution is 2.32. The van der Waals surface area contributed by atoms with Crippen molar-refractivity contribution in [3.63, 3.8) is 0 Å². The molecule has 2 aromatic carbocycles. The van der Waals surface area contributed by atoms with E-state index in [4.69, 9.17) is 9.47 Å². The van der Waals surface area contributed by atoms with Crippen LogP contribution in [0, 0.1) is 6.92 Å². The van der Waals surface area contributed by atoms with Crippen molar-refractivity contribution in [2.75, 3.05) is 14.2 Å². The van der Waals surface area contributed by atoms with Gasteiger partial charge in [0.1, 0.15) is 11.5 Å². The lowest BCUT2D eigenvalue weighted by Crippen LogP contribution is -2.09. The minimum Gasteiger partial charge on any atom is -0.496 e. The Labute approximate surface area is 150 Å². The largest absolute Gasteiger partial charge is 0.496 e. The number of hydrogen-bond acceptors (Lipinski definition) is 4. The zero-order valence-corrected chi connectivity index (χ0v) is 16.2. The Kier molecular flexibility index (Phi) is 10.6. The number of benzene rings is 2. The van der Waals surface area contributed by atoms with E-state index in [1.54, 1.807) is 50.4 Å². The van der Waals surface area contributed by atoms with E-state index in [9.17, 15) is 9.59 Å². The van der Waals surface area contributed by atoms with Crippen molar-refractivity contribution >= 4 is 12.1 Å². The van der Waals surface area contributed by atoms with E-state index in [2.05, 4.69) is 0 Å². The number of hydrogen-bond donors (Lipinski definition) is 0. The van der Waals surface area contributed by atoms with Gasteiger partial charge in [-0.2, -0.15) is 0 Å². The molecule has 0 spiro atoms. The van der Waals surface area contributed by atoms with Crippen LogP contribution in [0.25, 0.3) is 0 Å². The summed E-state index contributed by atoms with van der Waals surface area (Å²) in [6.07, 6.45) is 0.676. The molecule has 0 N–H and O–H groups in total. The maximum atomic E-state index is 12.8. The number of methoxy groups -OCH3 is 2. The highest BCUT2D eigenvalue weighted by molar-refractivity contribution is 6.15. The molecule has 0 aliphatic rings. The van der Waals surface area contributed by atoms with Crippen LogP contribution < -0.4 is 9.47 Å². The van der Waals surface area contributed by atoms with Crippen LogP contribution in [0.4, 0.5) is 0 Å². The first kappa shape index (κ1) is 22.4. The van der Waals surface area contributed by atoms with Crippen LogP contribution in [0.15, 0.2) is 36.4 Å². The number of carbonyl (C=O) groups excluding carboxylic acids is 2. The van der Waals surface area contributed by atoms with Gasteiger partial charge < -0.3 is 9.47 Å². The molecule has 0 amide bonds. The van der Waals surface area contributed by atoms with Crippen LogP contribution in [0.3, 0.4) is 0 Å². The fraction of sp³-hybridized carbons (Fsp3) is 0.333. The quantitative estimate of drug-likeness (QED) is 0.559. The average molecular weight is 344 g/mol. The van der Waals surface area contributed by atoms with E-state index in [1.165, 1.54) is 7.11 Å². The van der Waals surface area contributed by atoms with Crippen molar-refractivity contribution < 1.29 is 19.1 Å². The fourth-order valence-corrected chi connectivity index (χ4v) is 2.28. The lowest BCUT2D eigenvalue weighted by molar-refractivity contribution is 0.102. The predicted octanol–water partition coefficient (Wildman–Crippen LogP) is 5.11. The van der Waals surface area contributed by atoms with Crippen molar-refractivity contribution in [3.05, 3.63) is 58.7 Å². The molecule has 0 aliphatic heterocycles. The SMILES string of the molecule is CC.CC.COc1ccc(OC)c(C(=O)c2ccccc2C=O)c1C. The molecule has 0 bridgehead atoms. The molecule has 2 rings (SSSR count). The fourth-order valence-electron chi connectivity index (χ4n) is 2.28. The molecule has 136 valence electrons. The number of rotatable bonds is 5. The molecular formula is C21H28O4. The zero-order chi connectivity index (χ0) is 19.4. The van der Waals surface area contributed by atoms with Crippen molar-refractivity contribution in [3.8, 4) is 11.5 Å². The molecule has 2 aromatic rings. The average Bonchev–Trinajstić information content (AvgIpc) is 2.70. The molecule has 0 aliphatic carbocycles. The summed E-state index contributed by atoms with van der Waals surface area (Å²) in [4.78, 5) is 23.9. The number of carbonyl (C=O) groups is 2. The van der Waals surface area contributed by atoms with E-state index in [-0.39, 0.29) is 5.78 Å². The Balaban J connectivity index is 0.00000134. The van der Waals surface area contributed by atoms with Gasteiger partial charge in [-0.3, -0.25) is 9.59 Å². The second-order valence-corrected chi connectivity index (χ2v) is 4.50. The summed E-state index contributed by atoms with van der Waals surface area (Å²) in [5, 5.41) is 0. The molecule has 0 saturated carbocycles. The molecule has 0 saturated heterocycles. The van der Waals surface area contributed by atoms with Gasteiger partial charge in [-0.1, -0.05) is 52.0 Å². The Morgan fingerprint density at radius 2 is 1.40 bits per heavy atom. The third kappa shape index (κ3) is 5.18. The van der Waals surface area contributed by atoms with E-state index < -0.39 is 0 Å².